The number of aromatic nitrogens is 2. The van der Waals surface area contributed by atoms with Gasteiger partial charge in [0.2, 0.25) is 5.91 Å². The van der Waals surface area contributed by atoms with Gasteiger partial charge < -0.3 is 15.8 Å². The average molecular weight is 399 g/mol. The number of ether oxygens (including phenoxy) is 1. The Morgan fingerprint density at radius 2 is 1.93 bits per heavy atom. The molecule has 1 heterocycles. The van der Waals surface area contributed by atoms with Crippen LogP contribution in [0.3, 0.4) is 0 Å². The first-order valence-electron chi connectivity index (χ1n) is 8.49. The Hall–Kier alpha value is -3.32. The second-order valence-corrected chi connectivity index (χ2v) is 6.60. The SMILES string of the molecule is COc1c(C(=O)N[C@@H](C)C(N)=O)ccc2n[nH]c(/C=C/c3ccc(Cl)cc3)c12. The molecule has 1 atom stereocenters. The summed E-state index contributed by atoms with van der Waals surface area (Å²) in [6.07, 6.45) is 3.74. The molecule has 0 unspecified atom stereocenters. The predicted molar refractivity (Wildman–Crippen MR) is 109 cm³/mol. The number of halogens is 1. The van der Waals surface area contributed by atoms with E-state index in [-0.39, 0.29) is 5.56 Å². The molecule has 8 heteroatoms. The molecule has 3 rings (SSSR count). The van der Waals surface area contributed by atoms with Crippen LogP contribution in [0.5, 0.6) is 5.75 Å². The quantitative estimate of drug-likeness (QED) is 0.592. The van der Waals surface area contributed by atoms with Gasteiger partial charge in [0.25, 0.3) is 5.91 Å². The van der Waals surface area contributed by atoms with E-state index < -0.39 is 17.9 Å². The van der Waals surface area contributed by atoms with Crippen molar-refractivity contribution in [3.63, 3.8) is 0 Å². The van der Waals surface area contributed by atoms with Crippen LogP contribution >= 0.6 is 11.6 Å². The van der Waals surface area contributed by atoms with Gasteiger partial charge in [-0.05, 0) is 42.8 Å². The van der Waals surface area contributed by atoms with Crippen LogP contribution in [0, 0.1) is 0 Å². The molecule has 0 aliphatic rings. The monoisotopic (exact) mass is 398 g/mol. The van der Waals surface area contributed by atoms with E-state index in [2.05, 4.69) is 15.5 Å². The van der Waals surface area contributed by atoms with Crippen molar-refractivity contribution in [2.45, 2.75) is 13.0 Å². The first kappa shape index (κ1) is 19.4. The van der Waals surface area contributed by atoms with Crippen LogP contribution in [0.25, 0.3) is 23.1 Å². The molecule has 28 heavy (non-hydrogen) atoms. The van der Waals surface area contributed by atoms with Gasteiger partial charge in [-0.3, -0.25) is 14.7 Å². The highest BCUT2D eigenvalue weighted by Gasteiger charge is 2.21. The number of nitrogens with two attached hydrogens (primary N) is 1. The van der Waals surface area contributed by atoms with E-state index in [4.69, 9.17) is 22.1 Å². The molecule has 0 saturated heterocycles. The lowest BCUT2D eigenvalue weighted by Crippen LogP contribution is -2.42. The highest BCUT2D eigenvalue weighted by molar-refractivity contribution is 6.30. The van der Waals surface area contributed by atoms with Crippen molar-refractivity contribution < 1.29 is 14.3 Å². The molecule has 0 aliphatic heterocycles. The Kier molecular flexibility index (Phi) is 5.65. The molecule has 7 nitrogen and oxygen atoms in total. The van der Waals surface area contributed by atoms with Gasteiger partial charge in [0.05, 0.1) is 29.3 Å². The smallest absolute Gasteiger partial charge is 0.255 e. The van der Waals surface area contributed by atoms with Crippen molar-refractivity contribution in [1.82, 2.24) is 15.5 Å². The number of nitrogens with one attached hydrogen (secondary N) is 2. The standard InChI is InChI=1S/C20H19ClN4O3/c1-11(19(22)26)23-20(27)14-8-10-16-17(18(14)28-2)15(24-25-16)9-5-12-3-6-13(21)7-4-12/h3-11H,1-2H3,(H2,22,26)(H,23,27)(H,24,25)/b9-5+/t11-/m0/s1. The lowest BCUT2D eigenvalue weighted by Gasteiger charge is -2.13. The van der Waals surface area contributed by atoms with E-state index in [9.17, 15) is 9.59 Å². The number of H-pyrrole nitrogens is 1. The molecule has 0 fully saturated rings. The van der Waals surface area contributed by atoms with E-state index in [1.165, 1.54) is 14.0 Å². The number of fused-ring (bicyclic) bond motifs is 1. The van der Waals surface area contributed by atoms with Crippen LogP contribution in [-0.2, 0) is 4.79 Å². The van der Waals surface area contributed by atoms with E-state index in [0.29, 0.717) is 27.4 Å². The Morgan fingerprint density at radius 3 is 2.57 bits per heavy atom. The van der Waals surface area contributed by atoms with Gasteiger partial charge in [-0.15, -0.1) is 0 Å². The highest BCUT2D eigenvalue weighted by atomic mass is 35.5. The number of amides is 2. The summed E-state index contributed by atoms with van der Waals surface area (Å²) in [6, 6.07) is 9.87. The third-order valence-corrected chi connectivity index (χ3v) is 4.49. The number of carbonyl (C=O) groups is 2. The molecule has 0 saturated carbocycles. The summed E-state index contributed by atoms with van der Waals surface area (Å²) in [5.41, 5.74) is 7.78. The van der Waals surface area contributed by atoms with Gasteiger partial charge in [0.15, 0.2) is 0 Å². The van der Waals surface area contributed by atoms with Gasteiger partial charge in [0.1, 0.15) is 11.8 Å². The normalized spacial score (nSPS) is 12.2. The van der Waals surface area contributed by atoms with Crippen LogP contribution in [0.4, 0.5) is 0 Å². The summed E-state index contributed by atoms with van der Waals surface area (Å²) in [4.78, 5) is 23.8. The van der Waals surface area contributed by atoms with E-state index in [0.717, 1.165) is 5.56 Å². The first-order chi connectivity index (χ1) is 13.4. The predicted octanol–water partition coefficient (Wildman–Crippen LogP) is 3.00. The van der Waals surface area contributed by atoms with Gasteiger partial charge in [-0.2, -0.15) is 5.10 Å². The Balaban J connectivity index is 2.00. The number of rotatable bonds is 6. The fourth-order valence-corrected chi connectivity index (χ4v) is 2.84. The van der Waals surface area contributed by atoms with Crippen LogP contribution < -0.4 is 15.8 Å². The van der Waals surface area contributed by atoms with Crippen molar-refractivity contribution in [3.8, 4) is 5.75 Å². The molecular formula is C20H19ClN4O3. The number of primary amides is 1. The molecule has 144 valence electrons. The molecule has 0 spiro atoms. The largest absolute Gasteiger partial charge is 0.495 e. The summed E-state index contributed by atoms with van der Waals surface area (Å²) in [5, 5.41) is 11.1. The van der Waals surface area contributed by atoms with Crippen molar-refractivity contribution in [3.05, 3.63) is 58.2 Å². The van der Waals surface area contributed by atoms with Crippen LogP contribution in [0.1, 0.15) is 28.5 Å². The summed E-state index contributed by atoms with van der Waals surface area (Å²) in [6.45, 7) is 1.52. The number of hydrogen-bond donors (Lipinski definition) is 3. The fraction of sp³-hybridized carbons (Fsp3) is 0.150. The van der Waals surface area contributed by atoms with E-state index >= 15 is 0 Å². The minimum atomic E-state index is -0.804. The third kappa shape index (κ3) is 3.99. The van der Waals surface area contributed by atoms with Crippen molar-refractivity contribution in [1.29, 1.82) is 0 Å². The zero-order valence-corrected chi connectivity index (χ0v) is 16.1. The number of hydrogen-bond acceptors (Lipinski definition) is 4. The van der Waals surface area contributed by atoms with Crippen molar-refractivity contribution in [2.24, 2.45) is 5.73 Å². The van der Waals surface area contributed by atoms with Gasteiger partial charge in [-0.25, -0.2) is 0 Å². The lowest BCUT2D eigenvalue weighted by atomic mass is 10.1. The molecule has 2 aromatic carbocycles. The number of nitrogens with zero attached hydrogens (tertiary/aromatic N) is 1. The summed E-state index contributed by atoms with van der Waals surface area (Å²) in [5.74, 6) is -0.724. The lowest BCUT2D eigenvalue weighted by molar-refractivity contribution is -0.119. The second-order valence-electron chi connectivity index (χ2n) is 6.16. The number of methoxy groups -OCH3 is 1. The zero-order chi connectivity index (χ0) is 20.3. The molecule has 0 radical (unpaired) electrons. The van der Waals surface area contributed by atoms with Crippen LogP contribution in [0.15, 0.2) is 36.4 Å². The third-order valence-electron chi connectivity index (χ3n) is 4.24. The maximum Gasteiger partial charge on any atom is 0.255 e. The topological polar surface area (TPSA) is 110 Å². The Labute approximate surface area is 166 Å². The van der Waals surface area contributed by atoms with E-state index in [1.54, 1.807) is 24.3 Å². The maximum absolute atomic E-state index is 12.6. The van der Waals surface area contributed by atoms with Gasteiger partial charge in [-0.1, -0.05) is 29.8 Å². The van der Waals surface area contributed by atoms with Crippen LogP contribution in [0.2, 0.25) is 5.02 Å². The Bertz CT molecular complexity index is 1060. The Morgan fingerprint density at radius 1 is 1.21 bits per heavy atom. The molecule has 4 N–H and O–H groups in total. The maximum atomic E-state index is 12.6. The van der Waals surface area contributed by atoms with Crippen molar-refractivity contribution >= 4 is 46.5 Å². The van der Waals surface area contributed by atoms with Gasteiger partial charge in [0, 0.05) is 5.02 Å². The fourth-order valence-electron chi connectivity index (χ4n) is 2.71. The number of benzene rings is 2. The second kappa shape index (κ2) is 8.14. The first-order valence-corrected chi connectivity index (χ1v) is 8.87. The molecule has 1 aromatic heterocycles. The summed E-state index contributed by atoms with van der Waals surface area (Å²) < 4.78 is 5.50. The summed E-state index contributed by atoms with van der Waals surface area (Å²) >= 11 is 5.91. The molecule has 0 aliphatic carbocycles. The minimum absolute atomic E-state index is 0.283. The van der Waals surface area contributed by atoms with Gasteiger partial charge >= 0.3 is 0 Å². The summed E-state index contributed by atoms with van der Waals surface area (Å²) in [7, 11) is 1.47. The molecule has 3 aromatic rings. The number of aromatic amines is 1. The van der Waals surface area contributed by atoms with Crippen molar-refractivity contribution in [2.75, 3.05) is 7.11 Å². The average Bonchev–Trinajstić information content (AvgIpc) is 3.09. The highest BCUT2D eigenvalue weighted by Crippen LogP contribution is 2.32. The molecule has 0 bridgehead atoms. The van der Waals surface area contributed by atoms with E-state index in [1.807, 2.05) is 24.3 Å². The number of carbonyl (C=O) groups excluding carboxylic acids is 2. The molecule has 2 amide bonds. The zero-order valence-electron chi connectivity index (χ0n) is 15.3. The minimum Gasteiger partial charge on any atom is -0.495 e. The molecular weight excluding hydrogens is 380 g/mol. The van der Waals surface area contributed by atoms with Crippen LogP contribution in [-0.4, -0.2) is 35.2 Å².